The van der Waals surface area contributed by atoms with Crippen LogP contribution in [0.2, 0.25) is 0 Å². The summed E-state index contributed by atoms with van der Waals surface area (Å²) in [6.45, 7) is 3.75. The summed E-state index contributed by atoms with van der Waals surface area (Å²) in [5.41, 5.74) is 2.80. The predicted octanol–water partition coefficient (Wildman–Crippen LogP) is 4.20. The number of aliphatic hydroxyl groups excluding tert-OH is 2. The van der Waals surface area contributed by atoms with Gasteiger partial charge in [0, 0.05) is 5.92 Å². The first-order chi connectivity index (χ1) is 12.7. The van der Waals surface area contributed by atoms with Crippen LogP contribution in [-0.4, -0.2) is 23.4 Å². The van der Waals surface area contributed by atoms with E-state index in [9.17, 15) is 10.2 Å². The van der Waals surface area contributed by atoms with Crippen molar-refractivity contribution in [3.8, 4) is 5.75 Å². The number of benzene rings is 2. The lowest BCUT2D eigenvalue weighted by atomic mass is 9.82. The van der Waals surface area contributed by atoms with Gasteiger partial charge in [0.2, 0.25) is 0 Å². The molecule has 0 amide bonds. The van der Waals surface area contributed by atoms with Gasteiger partial charge in [0.25, 0.3) is 0 Å². The second-order valence-electron chi connectivity index (χ2n) is 6.34. The molecule has 2 aromatic carbocycles. The Morgan fingerprint density at radius 1 is 1.19 bits per heavy atom. The van der Waals surface area contributed by atoms with Crippen LogP contribution in [0.15, 0.2) is 71.9 Å². The molecule has 2 unspecified atom stereocenters. The SMILES string of the molecule is C=CC(Oc1cc2c3c(cccc3c1)C(CO)C=C2CO)c1ccco1. The van der Waals surface area contributed by atoms with Crippen LogP contribution < -0.4 is 4.74 Å². The Kier molecular flexibility index (Phi) is 4.37. The molecule has 4 heteroatoms. The topological polar surface area (TPSA) is 62.8 Å². The highest BCUT2D eigenvalue weighted by atomic mass is 16.5. The number of aliphatic hydroxyl groups is 2. The molecule has 0 bridgehead atoms. The second kappa shape index (κ2) is 6.83. The average Bonchev–Trinajstić information content (AvgIpc) is 3.21. The summed E-state index contributed by atoms with van der Waals surface area (Å²) in [6, 6.07) is 13.6. The number of furan rings is 1. The van der Waals surface area contributed by atoms with Gasteiger partial charge in [-0.25, -0.2) is 0 Å². The van der Waals surface area contributed by atoms with E-state index in [1.165, 1.54) is 0 Å². The maximum atomic E-state index is 9.83. The Balaban J connectivity index is 1.82. The van der Waals surface area contributed by atoms with Gasteiger partial charge >= 0.3 is 0 Å². The van der Waals surface area contributed by atoms with E-state index in [-0.39, 0.29) is 19.1 Å². The molecule has 4 rings (SSSR count). The number of rotatable bonds is 6. The molecule has 0 radical (unpaired) electrons. The van der Waals surface area contributed by atoms with E-state index in [4.69, 9.17) is 9.15 Å². The number of ether oxygens (including phenoxy) is 1. The largest absolute Gasteiger partial charge is 0.478 e. The normalized spacial score (nSPS) is 17.0. The van der Waals surface area contributed by atoms with E-state index in [2.05, 4.69) is 6.58 Å². The Morgan fingerprint density at radius 3 is 2.77 bits per heavy atom. The molecule has 3 aromatic rings. The van der Waals surface area contributed by atoms with E-state index in [1.54, 1.807) is 12.3 Å². The van der Waals surface area contributed by atoms with Crippen LogP contribution in [0, 0.1) is 0 Å². The fraction of sp³-hybridized carbons (Fsp3) is 0.182. The number of hydrogen-bond acceptors (Lipinski definition) is 4. The van der Waals surface area contributed by atoms with Crippen LogP contribution >= 0.6 is 0 Å². The van der Waals surface area contributed by atoms with E-state index in [1.807, 2.05) is 48.5 Å². The molecule has 1 aliphatic carbocycles. The van der Waals surface area contributed by atoms with Crippen LogP contribution in [0.1, 0.15) is 28.9 Å². The van der Waals surface area contributed by atoms with Crippen molar-refractivity contribution >= 4 is 16.3 Å². The molecule has 4 nitrogen and oxygen atoms in total. The standard InChI is InChI=1S/C22H20O4/c1-2-20(21-7-4-8-25-21)26-17-10-14-5-3-6-18-15(12-23)9-16(13-24)19(11-17)22(14)18/h2-11,15,20,23-24H,1,12-13H2. The lowest BCUT2D eigenvalue weighted by Crippen LogP contribution is -2.11. The smallest absolute Gasteiger partial charge is 0.174 e. The first kappa shape index (κ1) is 16.6. The third-order valence-electron chi connectivity index (χ3n) is 4.80. The minimum Gasteiger partial charge on any atom is -0.478 e. The summed E-state index contributed by atoms with van der Waals surface area (Å²) in [7, 11) is 0. The van der Waals surface area contributed by atoms with Crippen molar-refractivity contribution in [3.63, 3.8) is 0 Å². The summed E-state index contributed by atoms with van der Waals surface area (Å²) in [6.07, 6.45) is 4.83. The van der Waals surface area contributed by atoms with Gasteiger partial charge in [0.15, 0.2) is 6.10 Å². The quantitative estimate of drug-likeness (QED) is 0.655. The van der Waals surface area contributed by atoms with Gasteiger partial charge in [-0.05, 0) is 57.8 Å². The van der Waals surface area contributed by atoms with Gasteiger partial charge in [0.1, 0.15) is 11.5 Å². The van der Waals surface area contributed by atoms with Gasteiger partial charge in [0.05, 0.1) is 19.5 Å². The van der Waals surface area contributed by atoms with Crippen LogP contribution in [0.4, 0.5) is 0 Å². The predicted molar refractivity (Wildman–Crippen MR) is 101 cm³/mol. The lowest BCUT2D eigenvalue weighted by Gasteiger charge is -2.25. The molecule has 132 valence electrons. The van der Waals surface area contributed by atoms with E-state index in [0.717, 1.165) is 27.5 Å². The van der Waals surface area contributed by atoms with E-state index >= 15 is 0 Å². The molecular formula is C22H20O4. The first-order valence-electron chi connectivity index (χ1n) is 8.57. The van der Waals surface area contributed by atoms with Gasteiger partial charge < -0.3 is 19.4 Å². The molecule has 2 N–H and O–H groups in total. The van der Waals surface area contributed by atoms with Crippen molar-refractivity contribution in [1.29, 1.82) is 0 Å². The fourth-order valence-electron chi connectivity index (χ4n) is 3.59. The first-order valence-corrected chi connectivity index (χ1v) is 8.57. The van der Waals surface area contributed by atoms with Crippen LogP contribution in [0.5, 0.6) is 5.75 Å². The number of hydrogen-bond donors (Lipinski definition) is 2. The maximum Gasteiger partial charge on any atom is 0.174 e. The monoisotopic (exact) mass is 348 g/mol. The zero-order chi connectivity index (χ0) is 18.1. The summed E-state index contributed by atoms with van der Waals surface area (Å²) >= 11 is 0. The molecule has 26 heavy (non-hydrogen) atoms. The van der Waals surface area contributed by atoms with Crippen molar-refractivity contribution in [3.05, 3.63) is 84.3 Å². The van der Waals surface area contributed by atoms with Crippen molar-refractivity contribution in [2.75, 3.05) is 13.2 Å². The van der Waals surface area contributed by atoms with Gasteiger partial charge in [-0.3, -0.25) is 0 Å². The highest BCUT2D eigenvalue weighted by molar-refractivity contribution is 6.00. The summed E-state index contributed by atoms with van der Waals surface area (Å²) in [5, 5.41) is 21.6. The zero-order valence-electron chi connectivity index (χ0n) is 14.3. The zero-order valence-corrected chi connectivity index (χ0v) is 14.3. The molecule has 1 aliphatic rings. The Morgan fingerprint density at radius 2 is 2.08 bits per heavy atom. The summed E-state index contributed by atoms with van der Waals surface area (Å²) < 4.78 is 11.5. The van der Waals surface area contributed by atoms with E-state index in [0.29, 0.717) is 11.5 Å². The van der Waals surface area contributed by atoms with Crippen molar-refractivity contribution < 1.29 is 19.4 Å². The Labute approximate surface area is 151 Å². The van der Waals surface area contributed by atoms with Gasteiger partial charge in [-0.1, -0.05) is 30.9 Å². The van der Waals surface area contributed by atoms with Crippen molar-refractivity contribution in [1.82, 2.24) is 0 Å². The van der Waals surface area contributed by atoms with Gasteiger partial charge in [-0.2, -0.15) is 0 Å². The van der Waals surface area contributed by atoms with Crippen molar-refractivity contribution in [2.24, 2.45) is 0 Å². The molecule has 0 saturated heterocycles. The molecule has 0 saturated carbocycles. The third kappa shape index (κ3) is 2.73. The second-order valence-corrected chi connectivity index (χ2v) is 6.34. The molecule has 2 atom stereocenters. The van der Waals surface area contributed by atoms with Gasteiger partial charge in [-0.15, -0.1) is 0 Å². The summed E-state index contributed by atoms with van der Waals surface area (Å²) in [5.74, 6) is 1.25. The average molecular weight is 348 g/mol. The van der Waals surface area contributed by atoms with Crippen LogP contribution in [0.25, 0.3) is 16.3 Å². The molecule has 1 heterocycles. The summed E-state index contributed by atoms with van der Waals surface area (Å²) in [4.78, 5) is 0. The minimum absolute atomic E-state index is 0.0112. The molecule has 0 fully saturated rings. The molecule has 0 spiro atoms. The van der Waals surface area contributed by atoms with E-state index < -0.39 is 6.10 Å². The van der Waals surface area contributed by atoms with Crippen molar-refractivity contribution in [2.45, 2.75) is 12.0 Å². The minimum atomic E-state index is -0.395. The fourth-order valence-corrected chi connectivity index (χ4v) is 3.59. The van der Waals surface area contributed by atoms with Crippen LogP contribution in [-0.2, 0) is 0 Å². The molecule has 0 aliphatic heterocycles. The Hall–Kier alpha value is -2.82. The molecule has 1 aromatic heterocycles. The lowest BCUT2D eigenvalue weighted by molar-refractivity contribution is 0.223. The third-order valence-corrected chi connectivity index (χ3v) is 4.80. The Bertz CT molecular complexity index is 969. The highest BCUT2D eigenvalue weighted by Gasteiger charge is 2.23. The highest BCUT2D eigenvalue weighted by Crippen LogP contribution is 2.41. The van der Waals surface area contributed by atoms with Crippen LogP contribution in [0.3, 0.4) is 0 Å². The maximum absolute atomic E-state index is 9.83. The molecular weight excluding hydrogens is 328 g/mol.